The van der Waals surface area contributed by atoms with Crippen molar-refractivity contribution in [2.45, 2.75) is 20.4 Å². The fourth-order valence-corrected chi connectivity index (χ4v) is 3.65. The molecule has 0 aromatic heterocycles. The van der Waals surface area contributed by atoms with Crippen molar-refractivity contribution < 1.29 is 9.53 Å². The Morgan fingerprint density at radius 1 is 1.00 bits per heavy atom. The quantitative estimate of drug-likeness (QED) is 0.529. The highest BCUT2D eigenvalue weighted by atomic mass is 16.5. The Kier molecular flexibility index (Phi) is 8.15. The van der Waals surface area contributed by atoms with Crippen LogP contribution in [-0.2, 0) is 6.54 Å². The standard InChI is InChI=1S/C24H33N5O2/c1-4-25-23(30)20-9-6-8-19(16-20)18-27-24(26-5-2)29-14-12-28(13-15-29)21-10-7-11-22(17-21)31-3/h6-11,16-17H,4-5,12-15,18H2,1-3H3,(H,25,30)(H,26,27). The molecule has 1 heterocycles. The average molecular weight is 424 g/mol. The summed E-state index contributed by atoms with van der Waals surface area (Å²) in [7, 11) is 1.70. The van der Waals surface area contributed by atoms with Gasteiger partial charge in [-0.25, -0.2) is 4.99 Å². The first-order chi connectivity index (χ1) is 15.1. The molecule has 0 radical (unpaired) electrons. The minimum Gasteiger partial charge on any atom is -0.497 e. The van der Waals surface area contributed by atoms with Gasteiger partial charge in [-0.2, -0.15) is 0 Å². The van der Waals surface area contributed by atoms with Gasteiger partial charge in [0.1, 0.15) is 5.75 Å². The monoisotopic (exact) mass is 423 g/mol. The maximum Gasteiger partial charge on any atom is 0.251 e. The van der Waals surface area contributed by atoms with Crippen molar-refractivity contribution in [1.29, 1.82) is 0 Å². The largest absolute Gasteiger partial charge is 0.497 e. The highest BCUT2D eigenvalue weighted by Crippen LogP contribution is 2.22. The normalized spacial score (nSPS) is 14.4. The summed E-state index contributed by atoms with van der Waals surface area (Å²) >= 11 is 0. The van der Waals surface area contributed by atoms with Crippen LogP contribution in [0.4, 0.5) is 5.69 Å². The number of hydrogen-bond donors (Lipinski definition) is 2. The molecule has 0 bridgehead atoms. The number of ether oxygens (including phenoxy) is 1. The van der Waals surface area contributed by atoms with Crippen LogP contribution in [0.1, 0.15) is 29.8 Å². The average Bonchev–Trinajstić information content (AvgIpc) is 2.82. The fourth-order valence-electron chi connectivity index (χ4n) is 3.65. The van der Waals surface area contributed by atoms with Crippen LogP contribution in [0.5, 0.6) is 5.75 Å². The van der Waals surface area contributed by atoms with Crippen LogP contribution in [0.25, 0.3) is 0 Å². The molecule has 31 heavy (non-hydrogen) atoms. The lowest BCUT2D eigenvalue weighted by Gasteiger charge is -2.37. The number of amides is 1. The number of rotatable bonds is 7. The molecule has 0 unspecified atom stereocenters. The van der Waals surface area contributed by atoms with Gasteiger partial charge >= 0.3 is 0 Å². The Morgan fingerprint density at radius 3 is 2.45 bits per heavy atom. The zero-order chi connectivity index (χ0) is 22.1. The number of carbonyl (C=O) groups excluding carboxylic acids is 1. The Hall–Kier alpha value is -3.22. The molecule has 3 rings (SSSR count). The zero-order valence-corrected chi connectivity index (χ0v) is 18.7. The summed E-state index contributed by atoms with van der Waals surface area (Å²) in [5, 5.41) is 6.25. The molecule has 166 valence electrons. The molecule has 1 aliphatic heterocycles. The van der Waals surface area contributed by atoms with Crippen LogP contribution in [0.2, 0.25) is 0 Å². The number of methoxy groups -OCH3 is 1. The van der Waals surface area contributed by atoms with Crippen LogP contribution in [-0.4, -0.2) is 63.1 Å². The van der Waals surface area contributed by atoms with Crippen molar-refractivity contribution in [3.8, 4) is 5.75 Å². The Morgan fingerprint density at radius 2 is 1.74 bits per heavy atom. The van der Waals surface area contributed by atoms with Crippen molar-refractivity contribution in [3.63, 3.8) is 0 Å². The second kappa shape index (κ2) is 11.2. The highest BCUT2D eigenvalue weighted by molar-refractivity contribution is 5.94. The lowest BCUT2D eigenvalue weighted by molar-refractivity contribution is 0.0955. The maximum absolute atomic E-state index is 12.1. The lowest BCUT2D eigenvalue weighted by atomic mass is 10.1. The number of guanidine groups is 1. The SMILES string of the molecule is CCNC(=O)c1cccc(CN=C(NCC)N2CCN(c3cccc(OC)c3)CC2)c1. The molecule has 7 heteroatoms. The third-order valence-electron chi connectivity index (χ3n) is 5.27. The molecule has 2 aromatic rings. The van der Waals surface area contributed by atoms with E-state index in [2.05, 4.69) is 39.5 Å². The zero-order valence-electron chi connectivity index (χ0n) is 18.7. The van der Waals surface area contributed by atoms with Crippen molar-refractivity contribution in [2.24, 2.45) is 4.99 Å². The second-order valence-corrected chi connectivity index (χ2v) is 7.41. The molecule has 7 nitrogen and oxygen atoms in total. The number of hydrogen-bond acceptors (Lipinski definition) is 4. The summed E-state index contributed by atoms with van der Waals surface area (Å²) < 4.78 is 5.36. The van der Waals surface area contributed by atoms with E-state index >= 15 is 0 Å². The molecule has 0 atom stereocenters. The van der Waals surface area contributed by atoms with Crippen molar-refractivity contribution in [2.75, 3.05) is 51.3 Å². The van der Waals surface area contributed by atoms with Crippen LogP contribution in [0.3, 0.4) is 0 Å². The number of benzene rings is 2. The first-order valence-corrected chi connectivity index (χ1v) is 10.9. The van der Waals surface area contributed by atoms with E-state index in [0.717, 1.165) is 50.0 Å². The van der Waals surface area contributed by atoms with Gasteiger partial charge in [0.05, 0.1) is 13.7 Å². The van der Waals surface area contributed by atoms with Crippen LogP contribution in [0, 0.1) is 0 Å². The van der Waals surface area contributed by atoms with Crippen molar-refractivity contribution in [3.05, 3.63) is 59.7 Å². The topological polar surface area (TPSA) is 69.2 Å². The third kappa shape index (κ3) is 6.13. The van der Waals surface area contributed by atoms with E-state index in [9.17, 15) is 4.79 Å². The maximum atomic E-state index is 12.1. The smallest absolute Gasteiger partial charge is 0.251 e. The lowest BCUT2D eigenvalue weighted by Crippen LogP contribution is -2.52. The number of nitrogens with zero attached hydrogens (tertiary/aromatic N) is 3. The van der Waals surface area contributed by atoms with Gasteiger partial charge in [0, 0.05) is 56.6 Å². The minimum atomic E-state index is -0.0473. The fraction of sp³-hybridized carbons (Fsp3) is 0.417. The third-order valence-corrected chi connectivity index (χ3v) is 5.27. The van der Waals surface area contributed by atoms with E-state index in [1.165, 1.54) is 5.69 Å². The molecule has 2 N–H and O–H groups in total. The van der Waals surface area contributed by atoms with E-state index in [1.54, 1.807) is 7.11 Å². The van der Waals surface area contributed by atoms with Gasteiger partial charge in [0.15, 0.2) is 5.96 Å². The number of aliphatic imine (C=N–C) groups is 1. The summed E-state index contributed by atoms with van der Waals surface area (Å²) in [6.07, 6.45) is 0. The van der Waals surface area contributed by atoms with E-state index in [0.29, 0.717) is 18.7 Å². The van der Waals surface area contributed by atoms with Crippen molar-refractivity contribution >= 4 is 17.6 Å². The van der Waals surface area contributed by atoms with Gasteiger partial charge in [0.2, 0.25) is 0 Å². The Balaban J connectivity index is 1.64. The summed E-state index contributed by atoms with van der Waals surface area (Å²) in [6, 6.07) is 15.9. The first kappa shape index (κ1) is 22.5. The molecule has 1 aliphatic rings. The Labute approximate surface area is 185 Å². The van der Waals surface area contributed by atoms with Crippen LogP contribution >= 0.6 is 0 Å². The van der Waals surface area contributed by atoms with Crippen LogP contribution < -0.4 is 20.3 Å². The van der Waals surface area contributed by atoms with E-state index in [-0.39, 0.29) is 5.91 Å². The van der Waals surface area contributed by atoms with Crippen molar-refractivity contribution in [1.82, 2.24) is 15.5 Å². The number of anilines is 1. The van der Waals surface area contributed by atoms with Gasteiger partial charge in [-0.3, -0.25) is 4.79 Å². The number of piperazine rings is 1. The Bertz CT molecular complexity index is 891. The predicted octanol–water partition coefficient (Wildman–Crippen LogP) is 2.73. The van der Waals surface area contributed by atoms with E-state index < -0.39 is 0 Å². The summed E-state index contributed by atoms with van der Waals surface area (Å²) in [5.41, 5.74) is 2.88. The molecule has 1 saturated heterocycles. The summed E-state index contributed by atoms with van der Waals surface area (Å²) in [5.74, 6) is 1.75. The molecule has 1 fully saturated rings. The van der Waals surface area contributed by atoms with E-state index in [4.69, 9.17) is 9.73 Å². The van der Waals surface area contributed by atoms with Crippen LogP contribution in [0.15, 0.2) is 53.5 Å². The van der Waals surface area contributed by atoms with E-state index in [1.807, 2.05) is 43.3 Å². The molecule has 2 aromatic carbocycles. The molecule has 1 amide bonds. The predicted molar refractivity (Wildman–Crippen MR) is 126 cm³/mol. The van der Waals surface area contributed by atoms with Gasteiger partial charge in [-0.05, 0) is 43.7 Å². The van der Waals surface area contributed by atoms with Gasteiger partial charge in [0.25, 0.3) is 5.91 Å². The van der Waals surface area contributed by atoms with Gasteiger partial charge in [-0.1, -0.05) is 18.2 Å². The molecular formula is C24H33N5O2. The minimum absolute atomic E-state index is 0.0473. The highest BCUT2D eigenvalue weighted by Gasteiger charge is 2.20. The van der Waals surface area contributed by atoms with Gasteiger partial charge < -0.3 is 25.2 Å². The summed E-state index contributed by atoms with van der Waals surface area (Å²) in [4.78, 5) is 21.6. The van der Waals surface area contributed by atoms with Gasteiger partial charge in [-0.15, -0.1) is 0 Å². The molecule has 0 aliphatic carbocycles. The molecular weight excluding hydrogens is 390 g/mol. The molecule has 0 spiro atoms. The second-order valence-electron chi connectivity index (χ2n) is 7.41. The molecule has 0 saturated carbocycles. The number of nitrogens with one attached hydrogen (secondary N) is 2. The number of carbonyl (C=O) groups is 1. The summed E-state index contributed by atoms with van der Waals surface area (Å²) in [6.45, 7) is 9.59. The first-order valence-electron chi connectivity index (χ1n) is 10.9.